The van der Waals surface area contributed by atoms with Crippen molar-refractivity contribution < 1.29 is 9.59 Å². The molecule has 0 fully saturated rings. The molecule has 0 atom stereocenters. The smallest absolute Gasteiger partial charge is 0.267 e. The van der Waals surface area contributed by atoms with Crippen molar-refractivity contribution in [3.8, 4) is 5.82 Å². The van der Waals surface area contributed by atoms with Crippen molar-refractivity contribution >= 4 is 34.0 Å². The number of hydrogen-bond donors (Lipinski definition) is 2. The zero-order valence-corrected chi connectivity index (χ0v) is 17.1. The van der Waals surface area contributed by atoms with Crippen LogP contribution in [0.15, 0.2) is 60.9 Å². The molecule has 0 aliphatic heterocycles. The Bertz CT molecular complexity index is 1200. The molecule has 0 spiro atoms. The number of aryl methyl sites for hydroxylation is 1. The van der Waals surface area contributed by atoms with E-state index in [9.17, 15) is 9.59 Å². The number of thiazole rings is 1. The molecule has 3 heterocycles. The number of para-hydroxylation sites is 1. The molecule has 0 bridgehead atoms. The summed E-state index contributed by atoms with van der Waals surface area (Å²) in [6.07, 6.45) is 3.15. The number of nitrogens with one attached hydrogen (secondary N) is 2. The first-order valence-electron chi connectivity index (χ1n) is 9.14. The summed E-state index contributed by atoms with van der Waals surface area (Å²) in [6.45, 7) is 3.53. The molecule has 3 aromatic heterocycles. The average molecular weight is 418 g/mol. The minimum absolute atomic E-state index is 0.268. The summed E-state index contributed by atoms with van der Waals surface area (Å²) in [5.41, 5.74) is 2.30. The Morgan fingerprint density at radius 2 is 1.73 bits per heavy atom. The zero-order valence-electron chi connectivity index (χ0n) is 16.3. The minimum atomic E-state index is -0.349. The van der Waals surface area contributed by atoms with Gasteiger partial charge in [-0.15, -0.1) is 0 Å². The van der Waals surface area contributed by atoms with Crippen LogP contribution in [0.3, 0.4) is 0 Å². The van der Waals surface area contributed by atoms with Crippen molar-refractivity contribution in [3.63, 3.8) is 0 Å². The summed E-state index contributed by atoms with van der Waals surface area (Å²) >= 11 is 1.12. The number of anilines is 2. The maximum Gasteiger partial charge on any atom is 0.267 e. The van der Waals surface area contributed by atoms with Gasteiger partial charge in [0.05, 0.1) is 23.1 Å². The van der Waals surface area contributed by atoms with Gasteiger partial charge in [-0.05, 0) is 38.1 Å². The summed E-state index contributed by atoms with van der Waals surface area (Å²) in [5, 5.41) is 10.2. The highest BCUT2D eigenvalue weighted by molar-refractivity contribution is 7.17. The third-order valence-corrected chi connectivity index (χ3v) is 5.45. The van der Waals surface area contributed by atoms with E-state index in [0.29, 0.717) is 38.5 Å². The predicted molar refractivity (Wildman–Crippen MR) is 115 cm³/mol. The van der Waals surface area contributed by atoms with Gasteiger partial charge < -0.3 is 5.32 Å². The number of nitrogens with zero attached hydrogens (tertiary/aromatic N) is 4. The second-order valence-electron chi connectivity index (χ2n) is 6.45. The van der Waals surface area contributed by atoms with Gasteiger partial charge in [0.25, 0.3) is 11.8 Å². The third kappa shape index (κ3) is 3.96. The molecule has 9 heteroatoms. The second kappa shape index (κ2) is 8.26. The largest absolute Gasteiger partial charge is 0.321 e. The van der Waals surface area contributed by atoms with Crippen LogP contribution in [0.2, 0.25) is 0 Å². The maximum atomic E-state index is 12.7. The van der Waals surface area contributed by atoms with Crippen LogP contribution in [-0.4, -0.2) is 31.6 Å². The monoisotopic (exact) mass is 418 g/mol. The van der Waals surface area contributed by atoms with Crippen molar-refractivity contribution in [2.45, 2.75) is 13.8 Å². The highest BCUT2D eigenvalue weighted by Crippen LogP contribution is 2.25. The molecular weight excluding hydrogens is 400 g/mol. The number of pyridine rings is 1. The van der Waals surface area contributed by atoms with Gasteiger partial charge in [0, 0.05) is 11.9 Å². The van der Waals surface area contributed by atoms with Crippen molar-refractivity contribution in [3.05, 3.63) is 82.8 Å². The van der Waals surface area contributed by atoms with E-state index < -0.39 is 0 Å². The fourth-order valence-corrected chi connectivity index (χ4v) is 3.73. The predicted octanol–water partition coefficient (Wildman–Crippen LogP) is 3.85. The molecule has 4 rings (SSSR count). The molecule has 0 unspecified atom stereocenters. The summed E-state index contributed by atoms with van der Waals surface area (Å²) < 4.78 is 1.60. The number of benzene rings is 1. The SMILES string of the molecule is Cc1nc(NC(=O)c2cnn(-c3ccccn3)c2C)sc1C(=O)Nc1ccccc1. The quantitative estimate of drug-likeness (QED) is 0.513. The lowest BCUT2D eigenvalue weighted by Crippen LogP contribution is -2.13. The van der Waals surface area contributed by atoms with Crippen LogP contribution in [0.5, 0.6) is 0 Å². The molecule has 2 amide bonds. The molecule has 0 aliphatic rings. The Kier molecular flexibility index (Phi) is 5.36. The van der Waals surface area contributed by atoms with E-state index in [1.165, 1.54) is 6.20 Å². The number of carbonyl (C=O) groups is 2. The first-order valence-corrected chi connectivity index (χ1v) is 9.96. The lowest BCUT2D eigenvalue weighted by Gasteiger charge is -2.04. The van der Waals surface area contributed by atoms with E-state index in [0.717, 1.165) is 11.3 Å². The molecule has 4 aromatic rings. The molecule has 0 aliphatic carbocycles. The van der Waals surface area contributed by atoms with Crippen LogP contribution in [0.25, 0.3) is 5.82 Å². The number of rotatable bonds is 5. The molecule has 1 aromatic carbocycles. The highest BCUT2D eigenvalue weighted by Gasteiger charge is 2.20. The van der Waals surface area contributed by atoms with Gasteiger partial charge in [-0.3, -0.25) is 14.9 Å². The topological polar surface area (TPSA) is 102 Å². The standard InChI is InChI=1S/C21H18N6O2S/c1-13-18(20(29)25-15-8-4-3-5-9-15)30-21(24-13)26-19(28)16-12-23-27(14(16)2)17-10-6-7-11-22-17/h3-12H,1-2H3,(H,25,29)(H,24,26,28). The molecular formula is C21H18N6O2S. The van der Waals surface area contributed by atoms with E-state index >= 15 is 0 Å². The van der Waals surface area contributed by atoms with Gasteiger partial charge in [-0.2, -0.15) is 5.10 Å². The summed E-state index contributed by atoms with van der Waals surface area (Å²) in [7, 11) is 0. The second-order valence-corrected chi connectivity index (χ2v) is 7.45. The summed E-state index contributed by atoms with van der Waals surface area (Å²) in [4.78, 5) is 34.3. The Balaban J connectivity index is 1.50. The Morgan fingerprint density at radius 3 is 2.47 bits per heavy atom. The normalized spacial score (nSPS) is 10.6. The van der Waals surface area contributed by atoms with Gasteiger partial charge in [0.1, 0.15) is 4.88 Å². The van der Waals surface area contributed by atoms with E-state index in [-0.39, 0.29) is 11.8 Å². The lowest BCUT2D eigenvalue weighted by atomic mass is 10.2. The van der Waals surface area contributed by atoms with Crippen LogP contribution in [0, 0.1) is 13.8 Å². The summed E-state index contributed by atoms with van der Waals surface area (Å²) in [6, 6.07) is 14.6. The molecule has 0 radical (unpaired) electrons. The number of carbonyl (C=O) groups excluding carboxylic acids is 2. The third-order valence-electron chi connectivity index (χ3n) is 4.38. The number of aromatic nitrogens is 4. The van der Waals surface area contributed by atoms with E-state index in [1.807, 2.05) is 36.4 Å². The first kappa shape index (κ1) is 19.5. The molecule has 0 saturated carbocycles. The number of amides is 2. The highest BCUT2D eigenvalue weighted by atomic mass is 32.1. The first-order chi connectivity index (χ1) is 14.5. The minimum Gasteiger partial charge on any atom is -0.321 e. The van der Waals surface area contributed by atoms with Crippen LogP contribution in [0.1, 0.15) is 31.4 Å². The summed E-state index contributed by atoms with van der Waals surface area (Å²) in [5.74, 6) is 0.00770. The van der Waals surface area contributed by atoms with Crippen LogP contribution >= 0.6 is 11.3 Å². The Morgan fingerprint density at radius 1 is 0.967 bits per heavy atom. The van der Waals surface area contributed by atoms with Crippen LogP contribution in [0.4, 0.5) is 10.8 Å². The van der Waals surface area contributed by atoms with Crippen molar-refractivity contribution in [2.24, 2.45) is 0 Å². The van der Waals surface area contributed by atoms with Crippen molar-refractivity contribution in [1.82, 2.24) is 19.7 Å². The van der Waals surface area contributed by atoms with E-state index in [1.54, 1.807) is 36.9 Å². The fraction of sp³-hybridized carbons (Fsp3) is 0.0952. The van der Waals surface area contributed by atoms with Gasteiger partial charge in [0.15, 0.2) is 10.9 Å². The van der Waals surface area contributed by atoms with Crippen molar-refractivity contribution in [1.29, 1.82) is 0 Å². The van der Waals surface area contributed by atoms with Crippen LogP contribution in [-0.2, 0) is 0 Å². The van der Waals surface area contributed by atoms with Gasteiger partial charge in [-0.25, -0.2) is 14.6 Å². The average Bonchev–Trinajstić information content (AvgIpc) is 3.31. The Labute approximate surface area is 176 Å². The molecule has 0 saturated heterocycles. The van der Waals surface area contributed by atoms with Gasteiger partial charge >= 0.3 is 0 Å². The Hall–Kier alpha value is -3.85. The fourth-order valence-electron chi connectivity index (χ4n) is 2.88. The van der Waals surface area contributed by atoms with Gasteiger partial charge in [0.2, 0.25) is 0 Å². The number of hydrogen-bond acceptors (Lipinski definition) is 6. The van der Waals surface area contributed by atoms with E-state index in [2.05, 4.69) is 25.7 Å². The lowest BCUT2D eigenvalue weighted by molar-refractivity contribution is 0.101. The molecule has 30 heavy (non-hydrogen) atoms. The van der Waals surface area contributed by atoms with Crippen molar-refractivity contribution in [2.75, 3.05) is 10.6 Å². The van der Waals surface area contributed by atoms with Crippen LogP contribution < -0.4 is 10.6 Å². The maximum absolute atomic E-state index is 12.7. The molecule has 8 nitrogen and oxygen atoms in total. The molecule has 2 N–H and O–H groups in total. The van der Waals surface area contributed by atoms with E-state index in [4.69, 9.17) is 0 Å². The molecule has 150 valence electrons. The zero-order chi connectivity index (χ0) is 21.1. The van der Waals surface area contributed by atoms with Gasteiger partial charge in [-0.1, -0.05) is 35.6 Å².